The van der Waals surface area contributed by atoms with E-state index >= 15 is 0 Å². The number of thiocarbonyl (C=S) groups is 1. The fraction of sp³-hybridized carbons (Fsp3) is 0.533. The summed E-state index contributed by atoms with van der Waals surface area (Å²) in [6, 6.07) is 6.79. The number of nitrogens with one attached hydrogen (secondary N) is 1. The molecule has 0 spiro atoms. The van der Waals surface area contributed by atoms with Crippen LogP contribution in [0.25, 0.3) is 0 Å². The van der Waals surface area contributed by atoms with Crippen LogP contribution in [0.5, 0.6) is 0 Å². The van der Waals surface area contributed by atoms with Crippen molar-refractivity contribution in [1.29, 1.82) is 0 Å². The van der Waals surface area contributed by atoms with Gasteiger partial charge in [0.05, 0.1) is 0 Å². The molecule has 0 atom stereocenters. The summed E-state index contributed by atoms with van der Waals surface area (Å²) >= 11 is 8.92. The van der Waals surface area contributed by atoms with Crippen molar-refractivity contribution in [3.63, 3.8) is 0 Å². The molecular weight excluding hydrogens is 304 g/mol. The van der Waals surface area contributed by atoms with Gasteiger partial charge in [-0.1, -0.05) is 18.3 Å². The summed E-state index contributed by atoms with van der Waals surface area (Å²) in [5.74, 6) is 0. The summed E-state index contributed by atoms with van der Waals surface area (Å²) in [6.07, 6.45) is 9.32. The van der Waals surface area contributed by atoms with Crippen LogP contribution in [0.3, 0.4) is 0 Å². The summed E-state index contributed by atoms with van der Waals surface area (Å²) < 4.78 is 0. The zero-order valence-corrected chi connectivity index (χ0v) is 14.5. The predicted octanol–water partition coefficient (Wildman–Crippen LogP) is 4.13. The molecule has 0 amide bonds. The Balaban J connectivity index is 2.12. The minimum absolute atomic E-state index is 0.482. The Bertz CT molecular complexity index is 468. The molecule has 2 nitrogen and oxygen atoms in total. The number of nitrogens with two attached hydrogens (primary N) is 1. The minimum Gasteiger partial charge on any atom is -0.389 e. The summed E-state index contributed by atoms with van der Waals surface area (Å²) in [5.41, 5.74) is 8.01. The van der Waals surface area contributed by atoms with Gasteiger partial charge in [0.15, 0.2) is 0 Å². The van der Waals surface area contributed by atoms with Gasteiger partial charge < -0.3 is 11.1 Å². The average molecular weight is 327 g/mol. The molecule has 0 heterocycles. The summed E-state index contributed by atoms with van der Waals surface area (Å²) in [6.45, 7) is 0. The monoisotopic (exact) mass is 326 g/mol. The van der Waals surface area contributed by atoms with Crippen molar-refractivity contribution in [2.75, 3.05) is 17.8 Å². The lowest BCUT2D eigenvalue weighted by molar-refractivity contribution is 0.473. The number of anilines is 1. The van der Waals surface area contributed by atoms with E-state index < -0.39 is 0 Å². The quantitative estimate of drug-likeness (QED) is 0.629. The topological polar surface area (TPSA) is 38.0 Å². The first-order valence-corrected chi connectivity index (χ1v) is 9.84. The number of benzene rings is 1. The summed E-state index contributed by atoms with van der Waals surface area (Å²) in [5, 5.41) is 4.49. The molecule has 0 bridgehead atoms. The van der Waals surface area contributed by atoms with Gasteiger partial charge in [0.1, 0.15) is 4.99 Å². The number of thioether (sulfide) groups is 2. The van der Waals surface area contributed by atoms with Crippen LogP contribution in [0.1, 0.15) is 31.2 Å². The third-order valence-corrected chi connectivity index (χ3v) is 5.98. The molecule has 5 heteroatoms. The highest BCUT2D eigenvalue weighted by molar-refractivity contribution is 7.99. The number of hydrogen-bond acceptors (Lipinski definition) is 4. The first kappa shape index (κ1) is 16.0. The molecule has 0 aromatic heterocycles. The third-order valence-electron chi connectivity index (χ3n) is 3.86. The Hall–Kier alpha value is -0.390. The van der Waals surface area contributed by atoms with Crippen molar-refractivity contribution in [3.8, 4) is 0 Å². The van der Waals surface area contributed by atoms with Crippen LogP contribution in [-0.2, 0) is 0 Å². The lowest BCUT2D eigenvalue weighted by atomic mass is 9.94. The first-order chi connectivity index (χ1) is 9.65. The van der Waals surface area contributed by atoms with E-state index in [1.807, 2.05) is 11.8 Å². The molecular formula is C15H22N2S3. The van der Waals surface area contributed by atoms with Crippen LogP contribution in [0, 0.1) is 0 Å². The number of rotatable bonds is 5. The fourth-order valence-electron chi connectivity index (χ4n) is 2.74. The Morgan fingerprint density at radius 3 is 2.50 bits per heavy atom. The SMILES string of the molecule is CSc1cccc(NC2CCC(SC)CC2)c1C(N)=S. The van der Waals surface area contributed by atoms with Crippen LogP contribution in [0.2, 0.25) is 0 Å². The van der Waals surface area contributed by atoms with Crippen molar-refractivity contribution in [2.24, 2.45) is 5.73 Å². The third kappa shape index (κ3) is 3.83. The van der Waals surface area contributed by atoms with Gasteiger partial charge in [-0.2, -0.15) is 11.8 Å². The lowest BCUT2D eigenvalue weighted by Gasteiger charge is -2.29. The van der Waals surface area contributed by atoms with Crippen molar-refractivity contribution in [3.05, 3.63) is 23.8 Å². The fourth-order valence-corrected chi connectivity index (χ4v) is 4.41. The zero-order chi connectivity index (χ0) is 14.5. The normalized spacial score (nSPS) is 22.5. The Morgan fingerprint density at radius 2 is 1.95 bits per heavy atom. The molecule has 2 rings (SSSR count). The lowest BCUT2D eigenvalue weighted by Crippen LogP contribution is -2.28. The molecule has 0 radical (unpaired) electrons. The van der Waals surface area contributed by atoms with Gasteiger partial charge in [0.25, 0.3) is 0 Å². The van der Waals surface area contributed by atoms with Crippen LogP contribution < -0.4 is 11.1 Å². The molecule has 1 aromatic carbocycles. The van der Waals surface area contributed by atoms with E-state index in [2.05, 4.69) is 36.0 Å². The molecule has 0 unspecified atom stereocenters. The second-order valence-electron chi connectivity index (χ2n) is 5.10. The molecule has 110 valence electrons. The highest BCUT2D eigenvalue weighted by atomic mass is 32.2. The Labute approximate surface area is 135 Å². The minimum atomic E-state index is 0.482. The second-order valence-corrected chi connectivity index (χ2v) is 7.53. The van der Waals surface area contributed by atoms with Gasteiger partial charge in [-0.05, 0) is 50.3 Å². The molecule has 1 aromatic rings. The van der Waals surface area contributed by atoms with Crippen molar-refractivity contribution >= 4 is 46.4 Å². The molecule has 1 aliphatic carbocycles. The Morgan fingerprint density at radius 1 is 1.25 bits per heavy atom. The van der Waals surface area contributed by atoms with E-state index in [1.54, 1.807) is 11.8 Å². The van der Waals surface area contributed by atoms with Gasteiger partial charge >= 0.3 is 0 Å². The van der Waals surface area contributed by atoms with E-state index in [1.165, 1.54) is 25.7 Å². The first-order valence-electron chi connectivity index (χ1n) is 6.91. The second kappa shape index (κ2) is 7.57. The van der Waals surface area contributed by atoms with Crippen LogP contribution in [0.15, 0.2) is 23.1 Å². The van der Waals surface area contributed by atoms with Gasteiger partial charge in [0, 0.05) is 27.4 Å². The zero-order valence-electron chi connectivity index (χ0n) is 12.0. The van der Waals surface area contributed by atoms with E-state index in [0.29, 0.717) is 11.0 Å². The summed E-state index contributed by atoms with van der Waals surface area (Å²) in [4.78, 5) is 1.63. The highest BCUT2D eigenvalue weighted by Gasteiger charge is 2.21. The van der Waals surface area contributed by atoms with E-state index in [4.69, 9.17) is 18.0 Å². The standard InChI is InChI=1S/C15H22N2S3/c1-19-11-8-6-10(7-9-11)17-12-4-3-5-13(20-2)14(12)15(16)18/h3-5,10-11,17H,6-9H2,1-2H3,(H2,16,18). The van der Waals surface area contributed by atoms with Gasteiger partial charge in [-0.25, -0.2) is 0 Å². The van der Waals surface area contributed by atoms with E-state index in [0.717, 1.165) is 21.4 Å². The molecule has 20 heavy (non-hydrogen) atoms. The molecule has 0 aliphatic heterocycles. The van der Waals surface area contributed by atoms with E-state index in [-0.39, 0.29) is 0 Å². The number of hydrogen-bond donors (Lipinski definition) is 2. The van der Waals surface area contributed by atoms with Gasteiger partial charge in [0.2, 0.25) is 0 Å². The highest BCUT2D eigenvalue weighted by Crippen LogP contribution is 2.32. The maximum atomic E-state index is 5.91. The van der Waals surface area contributed by atoms with Crippen molar-refractivity contribution in [2.45, 2.75) is 41.9 Å². The van der Waals surface area contributed by atoms with Crippen LogP contribution in [-0.4, -0.2) is 28.8 Å². The van der Waals surface area contributed by atoms with Crippen LogP contribution >= 0.6 is 35.7 Å². The van der Waals surface area contributed by atoms with Crippen molar-refractivity contribution in [1.82, 2.24) is 0 Å². The molecule has 1 aliphatic rings. The average Bonchev–Trinajstić information content (AvgIpc) is 2.47. The Kier molecular flexibility index (Phi) is 6.05. The maximum absolute atomic E-state index is 5.91. The molecule has 1 fully saturated rings. The smallest absolute Gasteiger partial charge is 0.107 e. The van der Waals surface area contributed by atoms with Crippen LogP contribution in [0.4, 0.5) is 5.69 Å². The predicted molar refractivity (Wildman–Crippen MR) is 97.3 cm³/mol. The molecule has 0 saturated heterocycles. The van der Waals surface area contributed by atoms with Gasteiger partial charge in [-0.3, -0.25) is 0 Å². The van der Waals surface area contributed by atoms with Gasteiger partial charge in [-0.15, -0.1) is 11.8 Å². The van der Waals surface area contributed by atoms with E-state index in [9.17, 15) is 0 Å². The summed E-state index contributed by atoms with van der Waals surface area (Å²) in [7, 11) is 0. The maximum Gasteiger partial charge on any atom is 0.107 e. The van der Waals surface area contributed by atoms with Crippen molar-refractivity contribution < 1.29 is 0 Å². The largest absolute Gasteiger partial charge is 0.389 e. The molecule has 3 N–H and O–H groups in total. The molecule has 1 saturated carbocycles.